The number of hydrogen-bond donors (Lipinski definition) is 0. The Kier molecular flexibility index (Phi) is 13.6. The van der Waals surface area contributed by atoms with Crippen molar-refractivity contribution >= 4 is 362 Å². The van der Waals surface area contributed by atoms with Crippen LogP contribution in [-0.4, -0.2) is 204 Å². The van der Waals surface area contributed by atoms with Crippen LogP contribution in [0.15, 0.2) is 10.9 Å². The van der Waals surface area contributed by atoms with Crippen LogP contribution in [0.2, 0.25) is 0 Å². The number of rotatable bonds is 5. The van der Waals surface area contributed by atoms with Gasteiger partial charge in [-0.1, -0.05) is 94.2 Å². The summed E-state index contributed by atoms with van der Waals surface area (Å²) in [6.07, 6.45) is 7.11. The van der Waals surface area contributed by atoms with E-state index in [2.05, 4.69) is 210 Å². The lowest BCUT2D eigenvalue weighted by Gasteiger charge is -2.34. The summed E-state index contributed by atoms with van der Waals surface area (Å²) in [7, 11) is 61.9. The van der Waals surface area contributed by atoms with Crippen molar-refractivity contribution in [2.45, 2.75) is 12.2 Å². The van der Waals surface area contributed by atoms with E-state index in [0.717, 1.165) is 11.8 Å². The molecule has 0 bridgehead atoms. The Morgan fingerprint density at radius 2 is 0.700 bits per heavy atom. The van der Waals surface area contributed by atoms with Crippen LogP contribution < -0.4 is 115 Å². The zero-order valence-corrected chi connectivity index (χ0v) is 48.4. The fourth-order valence-electron chi connectivity index (χ4n) is 14.1. The van der Waals surface area contributed by atoms with E-state index in [1.807, 2.05) is 0 Å². The average Bonchev–Trinajstić information content (AvgIpc) is 3.60. The van der Waals surface area contributed by atoms with Gasteiger partial charge in [-0.15, -0.1) is 55.6 Å². The second-order valence-electron chi connectivity index (χ2n) is 22.4. The summed E-state index contributed by atoms with van der Waals surface area (Å²) in [5.41, 5.74) is 47.3. The van der Waals surface area contributed by atoms with Crippen LogP contribution >= 0.6 is 0 Å². The SMILES string of the molecule is BCc1c(/C(B)=C(/B)C#C)c(B)c(B)c(B)c1-c1c(B)c(B)c2c(-c3c(B)c(B)c(B)c4c(B)c(B)c(B)c(B)c34)c3c(B)c(B)c(B)c(B)c3c(C3C(B)=C(B)c4c(B)c(B)c(B)c(B)c43)c2c1B. The molecular formula is C44H56B26. The second kappa shape index (κ2) is 18.2. The van der Waals surface area contributed by atoms with Crippen molar-refractivity contribution < 1.29 is 0 Å². The first-order valence-electron chi connectivity index (χ1n) is 26.2. The molecule has 0 aromatic heterocycles. The predicted octanol–water partition coefficient (Wildman–Crippen LogP) is -30.3. The van der Waals surface area contributed by atoms with Gasteiger partial charge in [-0.25, -0.2) is 0 Å². The molecule has 0 saturated heterocycles. The van der Waals surface area contributed by atoms with E-state index in [-0.39, 0.29) is 5.92 Å². The van der Waals surface area contributed by atoms with E-state index in [0.29, 0.717) is 0 Å². The van der Waals surface area contributed by atoms with Gasteiger partial charge in [0.1, 0.15) is 204 Å². The normalized spacial score (nSPS) is 13.8. The van der Waals surface area contributed by atoms with Crippen LogP contribution in [0.3, 0.4) is 0 Å². The van der Waals surface area contributed by atoms with Crippen LogP contribution in [0.25, 0.3) is 65.5 Å². The highest BCUT2D eigenvalue weighted by Crippen LogP contribution is 2.48. The van der Waals surface area contributed by atoms with Crippen molar-refractivity contribution in [1.82, 2.24) is 0 Å². The zero-order chi connectivity index (χ0) is 52.1. The highest BCUT2D eigenvalue weighted by molar-refractivity contribution is 6.75. The minimum Gasteiger partial charge on any atom is -0.116 e. The Balaban J connectivity index is 1.83. The van der Waals surface area contributed by atoms with Crippen molar-refractivity contribution in [2.24, 2.45) is 0 Å². The van der Waals surface area contributed by atoms with Crippen LogP contribution in [0.5, 0.6) is 0 Å². The molecule has 0 saturated carbocycles. The molecule has 7 aromatic carbocycles. The molecule has 310 valence electrons. The number of terminal acetylenes is 1. The molecule has 0 radical (unpaired) electrons. The predicted molar refractivity (Wildman–Crippen MR) is 399 cm³/mol. The van der Waals surface area contributed by atoms with E-state index in [1.165, 1.54) is 214 Å². The Hall–Kier alpha value is -3.95. The van der Waals surface area contributed by atoms with Crippen LogP contribution in [-0.2, 0) is 6.32 Å². The molecule has 1 aliphatic rings. The molecule has 1 unspecified atom stereocenters. The van der Waals surface area contributed by atoms with Crippen molar-refractivity contribution in [3.8, 4) is 34.6 Å². The Bertz CT molecular complexity index is 3760. The number of hydrogen-bond acceptors (Lipinski definition) is 0. The topological polar surface area (TPSA) is 0 Å². The summed E-state index contributed by atoms with van der Waals surface area (Å²) in [5.74, 6) is 3.11. The molecule has 0 heterocycles. The minimum absolute atomic E-state index is 0.0814. The van der Waals surface area contributed by atoms with Gasteiger partial charge in [0, 0.05) is 5.92 Å². The molecule has 7 aromatic rings. The fourth-order valence-corrected chi connectivity index (χ4v) is 14.1. The third-order valence-electron chi connectivity index (χ3n) is 20.1. The Morgan fingerprint density at radius 1 is 0.343 bits per heavy atom. The van der Waals surface area contributed by atoms with Gasteiger partial charge in [-0.3, -0.25) is 0 Å². The van der Waals surface area contributed by atoms with Gasteiger partial charge in [0.2, 0.25) is 0 Å². The molecule has 0 amide bonds. The molecule has 0 aliphatic heterocycles. The van der Waals surface area contributed by atoms with Gasteiger partial charge in [0.25, 0.3) is 0 Å². The number of benzene rings is 7. The van der Waals surface area contributed by atoms with Crippen LogP contribution in [0.1, 0.15) is 33.7 Å². The second-order valence-corrected chi connectivity index (χ2v) is 22.4. The average molecular weight is 866 g/mol. The van der Waals surface area contributed by atoms with Crippen molar-refractivity contribution in [3.05, 3.63) is 38.8 Å². The Morgan fingerprint density at radius 3 is 1.20 bits per heavy atom. The highest BCUT2D eigenvalue weighted by atomic mass is 14.4. The first-order valence-corrected chi connectivity index (χ1v) is 26.2. The lowest BCUT2D eigenvalue weighted by molar-refractivity contribution is 1.07. The molecule has 1 aliphatic carbocycles. The van der Waals surface area contributed by atoms with Crippen LogP contribution in [0, 0.1) is 12.3 Å². The van der Waals surface area contributed by atoms with Crippen molar-refractivity contribution in [2.75, 3.05) is 0 Å². The molecule has 0 N–H and O–H groups in total. The van der Waals surface area contributed by atoms with Crippen molar-refractivity contribution in [1.29, 1.82) is 0 Å². The summed E-state index contributed by atoms with van der Waals surface area (Å²) in [5, 5.41) is 8.59. The molecular weight excluding hydrogens is 810 g/mol. The quantitative estimate of drug-likeness (QED) is 0.0919. The molecule has 0 nitrogen and oxygen atoms in total. The summed E-state index contributed by atoms with van der Waals surface area (Å²) in [6.45, 7) is 0. The number of fused-ring (bicyclic) bond motifs is 4. The molecule has 8 rings (SSSR count). The molecule has 26 heteroatoms. The summed E-state index contributed by atoms with van der Waals surface area (Å²) in [6, 6.07) is 0. The number of allylic oxidation sites excluding steroid dienone is 2. The van der Waals surface area contributed by atoms with Crippen molar-refractivity contribution in [3.63, 3.8) is 0 Å². The van der Waals surface area contributed by atoms with Crippen LogP contribution in [0.4, 0.5) is 0 Å². The van der Waals surface area contributed by atoms with Gasteiger partial charge in [0.15, 0.2) is 0 Å². The van der Waals surface area contributed by atoms with Gasteiger partial charge in [0.05, 0.1) is 0 Å². The largest absolute Gasteiger partial charge is 0.149 e. The van der Waals surface area contributed by atoms with Gasteiger partial charge in [-0.2, -0.15) is 0 Å². The summed E-state index contributed by atoms with van der Waals surface area (Å²) < 4.78 is 0. The smallest absolute Gasteiger partial charge is 0.116 e. The standard InChI is InChI=1S/C44H56B26/c1-2-5(46)21(47)7-4(3-45)6(23(49)37(63)24(7)50)18-22(48)10-8(14-16-19(33(59)26(14)52)35(61)43(69)41(67)30(16)56)12-13(29(55)40(66)39(65)28(12)54)9(11(10)25(51)32(18)58)15-17-20(34(60)38(64)27(15)53)36(62)44(70)42(68)31(17)57/h1,14H,3,45-70H2/b21-5-. The molecule has 1 atom stereocenters. The lowest BCUT2D eigenvalue weighted by atomic mass is 9.55. The van der Waals surface area contributed by atoms with E-state index >= 15 is 0 Å². The first-order chi connectivity index (χ1) is 32.7. The third-order valence-corrected chi connectivity index (χ3v) is 20.1. The van der Waals surface area contributed by atoms with E-state index in [9.17, 15) is 0 Å². The maximum absolute atomic E-state index is 6.20. The zero-order valence-electron chi connectivity index (χ0n) is 48.4. The monoisotopic (exact) mass is 871 g/mol. The highest BCUT2D eigenvalue weighted by Gasteiger charge is 2.37. The Labute approximate surface area is 444 Å². The van der Waals surface area contributed by atoms with Gasteiger partial charge >= 0.3 is 0 Å². The van der Waals surface area contributed by atoms with Gasteiger partial charge in [-0.05, 0) is 87.9 Å². The maximum Gasteiger partial charge on any atom is 0.149 e. The molecule has 0 fully saturated rings. The minimum atomic E-state index is 0.0814. The fraction of sp³-hybridized carbons (Fsp3) is 0.0455. The summed E-state index contributed by atoms with van der Waals surface area (Å²) in [4.78, 5) is 0. The van der Waals surface area contributed by atoms with E-state index in [1.54, 1.807) is 0 Å². The van der Waals surface area contributed by atoms with E-state index in [4.69, 9.17) is 6.42 Å². The lowest BCUT2D eigenvalue weighted by Crippen LogP contribution is -2.52. The van der Waals surface area contributed by atoms with Gasteiger partial charge < -0.3 is 0 Å². The first kappa shape index (κ1) is 52.4. The third kappa shape index (κ3) is 6.90. The molecule has 0 spiro atoms. The maximum atomic E-state index is 6.20. The molecule has 70 heavy (non-hydrogen) atoms. The van der Waals surface area contributed by atoms with E-state index < -0.39 is 0 Å². The summed E-state index contributed by atoms with van der Waals surface area (Å²) >= 11 is 0.